The fourth-order valence-corrected chi connectivity index (χ4v) is 3.22. The van der Waals surface area contributed by atoms with Gasteiger partial charge in [-0.05, 0) is 30.3 Å². The number of nitro benzene ring substituents is 1. The molecule has 1 amide bonds. The number of thioether (sulfide) groups is 1. The summed E-state index contributed by atoms with van der Waals surface area (Å²) in [6.07, 6.45) is 0.819. The van der Waals surface area contributed by atoms with Crippen molar-refractivity contribution in [2.75, 3.05) is 24.3 Å². The Hall–Kier alpha value is -2.45. The van der Waals surface area contributed by atoms with E-state index < -0.39 is 4.92 Å². The van der Waals surface area contributed by atoms with Crippen molar-refractivity contribution >= 4 is 40.6 Å². The lowest BCUT2D eigenvalue weighted by atomic mass is 10.2. The minimum atomic E-state index is -0.585. The van der Waals surface area contributed by atoms with Crippen LogP contribution < -0.4 is 14.8 Å². The highest BCUT2D eigenvalue weighted by molar-refractivity contribution is 8.00. The van der Waals surface area contributed by atoms with E-state index in [1.165, 1.54) is 30.0 Å². The molecular weight excluding hydrogens is 380 g/mol. The average molecular weight is 395 g/mol. The number of rotatable bonds is 5. The van der Waals surface area contributed by atoms with Crippen molar-refractivity contribution in [1.29, 1.82) is 0 Å². The molecule has 0 saturated heterocycles. The zero-order valence-corrected chi connectivity index (χ0v) is 15.1. The third-order valence-corrected chi connectivity index (χ3v) is 4.75. The minimum Gasteiger partial charge on any atom is -0.490 e. The molecule has 2 aromatic rings. The maximum atomic E-state index is 12.1. The first-order chi connectivity index (χ1) is 12.5. The van der Waals surface area contributed by atoms with Crippen LogP contribution in [0.25, 0.3) is 0 Å². The summed E-state index contributed by atoms with van der Waals surface area (Å²) in [5, 5.41) is 13.8. The van der Waals surface area contributed by atoms with Crippen LogP contribution in [-0.4, -0.2) is 29.8 Å². The van der Waals surface area contributed by atoms with E-state index >= 15 is 0 Å². The molecular formula is C17H15ClN2O5S. The van der Waals surface area contributed by atoms with Gasteiger partial charge in [-0.15, -0.1) is 11.8 Å². The Morgan fingerprint density at radius 3 is 2.73 bits per heavy atom. The molecule has 0 atom stereocenters. The van der Waals surface area contributed by atoms with E-state index in [1.807, 2.05) is 18.2 Å². The molecule has 0 unspecified atom stereocenters. The Kier molecular flexibility index (Phi) is 5.85. The van der Waals surface area contributed by atoms with Gasteiger partial charge in [0, 0.05) is 22.4 Å². The molecule has 0 spiro atoms. The molecule has 0 aromatic heterocycles. The van der Waals surface area contributed by atoms with Crippen molar-refractivity contribution in [3.63, 3.8) is 0 Å². The lowest BCUT2D eigenvalue weighted by molar-refractivity contribution is -0.383. The van der Waals surface area contributed by atoms with Crippen LogP contribution in [-0.2, 0) is 4.79 Å². The van der Waals surface area contributed by atoms with Gasteiger partial charge in [-0.2, -0.15) is 0 Å². The summed E-state index contributed by atoms with van der Waals surface area (Å²) < 4.78 is 11.2. The predicted molar refractivity (Wildman–Crippen MR) is 99.5 cm³/mol. The Morgan fingerprint density at radius 1 is 1.19 bits per heavy atom. The number of hydrogen-bond acceptors (Lipinski definition) is 6. The third-order valence-electron chi connectivity index (χ3n) is 3.52. The summed E-state index contributed by atoms with van der Waals surface area (Å²) in [7, 11) is 0. The SMILES string of the molecule is O=C(CSc1ccc2c(c1)OCCCO2)Nc1ccc(Cl)cc1[N+](=O)[O-]. The molecule has 26 heavy (non-hydrogen) atoms. The summed E-state index contributed by atoms with van der Waals surface area (Å²) in [4.78, 5) is 23.5. The van der Waals surface area contributed by atoms with E-state index in [4.69, 9.17) is 21.1 Å². The summed E-state index contributed by atoms with van der Waals surface area (Å²) >= 11 is 7.07. The molecule has 1 aliphatic heterocycles. The van der Waals surface area contributed by atoms with Crippen molar-refractivity contribution < 1.29 is 19.2 Å². The van der Waals surface area contributed by atoms with Crippen molar-refractivity contribution in [2.24, 2.45) is 0 Å². The number of anilines is 1. The highest BCUT2D eigenvalue weighted by Gasteiger charge is 2.17. The second kappa shape index (κ2) is 8.29. The van der Waals surface area contributed by atoms with Crippen LogP contribution >= 0.6 is 23.4 Å². The number of hydrogen-bond donors (Lipinski definition) is 1. The first kappa shape index (κ1) is 18.3. The number of ether oxygens (including phenoxy) is 2. The van der Waals surface area contributed by atoms with Crippen LogP contribution in [0.3, 0.4) is 0 Å². The fourth-order valence-electron chi connectivity index (χ4n) is 2.33. The van der Waals surface area contributed by atoms with Gasteiger partial charge >= 0.3 is 0 Å². The monoisotopic (exact) mass is 394 g/mol. The number of nitro groups is 1. The lowest BCUT2D eigenvalue weighted by Crippen LogP contribution is -2.15. The topological polar surface area (TPSA) is 90.7 Å². The van der Waals surface area contributed by atoms with E-state index in [0.29, 0.717) is 24.7 Å². The molecule has 2 aromatic carbocycles. The van der Waals surface area contributed by atoms with Gasteiger partial charge in [-0.25, -0.2) is 0 Å². The van der Waals surface area contributed by atoms with Crippen LogP contribution in [0.4, 0.5) is 11.4 Å². The molecule has 9 heteroatoms. The largest absolute Gasteiger partial charge is 0.490 e. The number of halogens is 1. The minimum absolute atomic E-state index is 0.0967. The first-order valence-electron chi connectivity index (χ1n) is 7.79. The Bertz CT molecular complexity index is 846. The molecule has 1 heterocycles. The van der Waals surface area contributed by atoms with E-state index in [9.17, 15) is 14.9 Å². The summed E-state index contributed by atoms with van der Waals surface area (Å²) in [5.74, 6) is 1.08. The average Bonchev–Trinajstić information content (AvgIpc) is 2.86. The molecule has 0 fully saturated rings. The van der Waals surface area contributed by atoms with Crippen LogP contribution in [0.1, 0.15) is 6.42 Å². The molecule has 136 valence electrons. The highest BCUT2D eigenvalue weighted by atomic mass is 35.5. The summed E-state index contributed by atoms with van der Waals surface area (Å²) in [5.41, 5.74) is -0.130. The van der Waals surface area contributed by atoms with Crippen LogP contribution in [0.15, 0.2) is 41.3 Å². The van der Waals surface area contributed by atoms with Gasteiger partial charge < -0.3 is 14.8 Å². The molecule has 7 nitrogen and oxygen atoms in total. The lowest BCUT2D eigenvalue weighted by Gasteiger charge is -2.09. The van der Waals surface area contributed by atoms with Crippen molar-refractivity contribution in [3.8, 4) is 11.5 Å². The standard InChI is InChI=1S/C17H15ClN2O5S/c18-11-2-4-13(14(8-11)20(22)23)19-17(21)10-26-12-3-5-15-16(9-12)25-7-1-6-24-15/h2-5,8-9H,1,6-7,10H2,(H,19,21). The van der Waals surface area contributed by atoms with E-state index in [-0.39, 0.29) is 28.1 Å². The van der Waals surface area contributed by atoms with Crippen molar-refractivity contribution in [1.82, 2.24) is 0 Å². The number of carbonyl (C=O) groups is 1. The highest BCUT2D eigenvalue weighted by Crippen LogP contribution is 2.34. The number of benzene rings is 2. The van der Waals surface area contributed by atoms with Crippen molar-refractivity contribution in [3.05, 3.63) is 51.5 Å². The van der Waals surface area contributed by atoms with Gasteiger partial charge in [-0.1, -0.05) is 11.6 Å². The van der Waals surface area contributed by atoms with Crippen LogP contribution in [0.5, 0.6) is 11.5 Å². The molecule has 0 bridgehead atoms. The first-order valence-corrected chi connectivity index (χ1v) is 9.15. The zero-order chi connectivity index (χ0) is 18.5. The van der Waals surface area contributed by atoms with Crippen LogP contribution in [0, 0.1) is 10.1 Å². The third kappa shape index (κ3) is 4.59. The predicted octanol–water partition coefficient (Wildman–Crippen LogP) is 4.14. The fraction of sp³-hybridized carbons (Fsp3) is 0.235. The number of nitrogens with one attached hydrogen (secondary N) is 1. The molecule has 0 aliphatic carbocycles. The number of amides is 1. The Labute approximate surface area is 158 Å². The zero-order valence-electron chi connectivity index (χ0n) is 13.6. The summed E-state index contributed by atoms with van der Waals surface area (Å²) in [6.45, 7) is 1.20. The Morgan fingerprint density at radius 2 is 1.96 bits per heavy atom. The van der Waals surface area contributed by atoms with Gasteiger partial charge in [0.25, 0.3) is 5.69 Å². The van der Waals surface area contributed by atoms with Gasteiger partial charge in [0.2, 0.25) is 5.91 Å². The molecule has 0 saturated carbocycles. The van der Waals surface area contributed by atoms with Crippen LogP contribution in [0.2, 0.25) is 5.02 Å². The quantitative estimate of drug-likeness (QED) is 0.465. The second-order valence-corrected chi connectivity index (χ2v) is 6.90. The molecule has 0 radical (unpaired) electrons. The Balaban J connectivity index is 1.63. The number of carbonyl (C=O) groups excluding carboxylic acids is 1. The van der Waals surface area contributed by atoms with E-state index in [2.05, 4.69) is 5.32 Å². The van der Waals surface area contributed by atoms with Gasteiger partial charge in [0.15, 0.2) is 11.5 Å². The van der Waals surface area contributed by atoms with Crippen molar-refractivity contribution in [2.45, 2.75) is 11.3 Å². The molecule has 3 rings (SSSR count). The smallest absolute Gasteiger partial charge is 0.294 e. The molecule has 1 aliphatic rings. The second-order valence-electron chi connectivity index (χ2n) is 5.41. The maximum Gasteiger partial charge on any atom is 0.294 e. The van der Waals surface area contributed by atoms with Gasteiger partial charge in [0.1, 0.15) is 5.69 Å². The van der Waals surface area contributed by atoms with Gasteiger partial charge in [0.05, 0.1) is 23.9 Å². The molecule has 1 N–H and O–H groups in total. The van der Waals surface area contributed by atoms with Gasteiger partial charge in [-0.3, -0.25) is 14.9 Å². The van der Waals surface area contributed by atoms with E-state index in [0.717, 1.165) is 11.3 Å². The van der Waals surface area contributed by atoms with E-state index in [1.54, 1.807) is 0 Å². The number of nitrogens with zero attached hydrogens (tertiary/aromatic N) is 1. The number of fused-ring (bicyclic) bond motifs is 1. The normalized spacial score (nSPS) is 13.0. The summed E-state index contributed by atoms with van der Waals surface area (Å²) in [6, 6.07) is 9.58. The maximum absolute atomic E-state index is 12.1.